The van der Waals surface area contributed by atoms with Crippen LogP contribution >= 0.6 is 11.3 Å². The van der Waals surface area contributed by atoms with Crippen molar-refractivity contribution in [1.29, 1.82) is 0 Å². The molecule has 1 aromatic heterocycles. The molecule has 1 aromatic rings. The zero-order valence-electron chi connectivity index (χ0n) is 12.3. The molecule has 6 heteroatoms. The maximum Gasteiger partial charge on any atom is 0.317 e. The van der Waals surface area contributed by atoms with E-state index in [1.165, 1.54) is 4.88 Å². The Kier molecular flexibility index (Phi) is 5.39. The third-order valence-electron chi connectivity index (χ3n) is 3.47. The summed E-state index contributed by atoms with van der Waals surface area (Å²) < 4.78 is 5.45. The van der Waals surface area contributed by atoms with E-state index in [2.05, 4.69) is 21.7 Å². The molecule has 112 valence electrons. The second-order valence-electron chi connectivity index (χ2n) is 5.31. The van der Waals surface area contributed by atoms with Gasteiger partial charge in [-0.2, -0.15) is 0 Å². The van der Waals surface area contributed by atoms with Gasteiger partial charge in [-0.3, -0.25) is 0 Å². The molecule has 0 aliphatic carbocycles. The van der Waals surface area contributed by atoms with Gasteiger partial charge < -0.3 is 19.9 Å². The molecular weight excluding hydrogens is 274 g/mol. The van der Waals surface area contributed by atoms with E-state index in [0.717, 1.165) is 0 Å². The molecule has 5 nitrogen and oxygen atoms in total. The number of rotatable bonds is 4. The number of hydrogen-bond donors (Lipinski definition) is 1. The van der Waals surface area contributed by atoms with Crippen LogP contribution in [0.5, 0.6) is 0 Å². The van der Waals surface area contributed by atoms with Gasteiger partial charge in [0.05, 0.1) is 18.8 Å². The molecule has 0 spiro atoms. The largest absolute Gasteiger partial charge is 0.375 e. The highest BCUT2D eigenvalue weighted by atomic mass is 32.1. The number of carbonyl (C=O) groups excluding carboxylic acids is 1. The van der Waals surface area contributed by atoms with Gasteiger partial charge in [0.2, 0.25) is 0 Å². The van der Waals surface area contributed by atoms with Gasteiger partial charge in [0.15, 0.2) is 0 Å². The van der Waals surface area contributed by atoms with E-state index < -0.39 is 0 Å². The van der Waals surface area contributed by atoms with Crippen molar-refractivity contribution in [2.75, 3.05) is 40.3 Å². The first kappa shape index (κ1) is 15.3. The van der Waals surface area contributed by atoms with Gasteiger partial charge in [0.1, 0.15) is 0 Å². The lowest BCUT2D eigenvalue weighted by molar-refractivity contribution is -0.00363. The summed E-state index contributed by atoms with van der Waals surface area (Å²) in [5.74, 6) is 0. The van der Waals surface area contributed by atoms with Crippen LogP contribution in [0.15, 0.2) is 17.5 Å². The summed E-state index contributed by atoms with van der Waals surface area (Å²) in [5, 5.41) is 5.11. The summed E-state index contributed by atoms with van der Waals surface area (Å²) in [6.45, 7) is 4.57. The van der Waals surface area contributed by atoms with Crippen LogP contribution in [0.1, 0.15) is 17.8 Å². The van der Waals surface area contributed by atoms with E-state index in [4.69, 9.17) is 4.74 Å². The van der Waals surface area contributed by atoms with E-state index in [-0.39, 0.29) is 18.2 Å². The average molecular weight is 297 g/mol. The molecule has 2 heterocycles. The second kappa shape index (κ2) is 7.06. The number of thiophene rings is 1. The monoisotopic (exact) mass is 297 g/mol. The first-order chi connectivity index (χ1) is 9.58. The van der Waals surface area contributed by atoms with Crippen molar-refractivity contribution in [3.8, 4) is 0 Å². The van der Waals surface area contributed by atoms with Crippen LogP contribution < -0.4 is 5.32 Å². The molecule has 20 heavy (non-hydrogen) atoms. The Morgan fingerprint density at radius 3 is 3.05 bits per heavy atom. The predicted molar refractivity (Wildman–Crippen MR) is 81.1 cm³/mol. The molecule has 1 fully saturated rings. The van der Waals surface area contributed by atoms with Crippen LogP contribution in [0.25, 0.3) is 0 Å². The lowest BCUT2D eigenvalue weighted by Crippen LogP contribution is -2.50. The van der Waals surface area contributed by atoms with Gasteiger partial charge in [-0.15, -0.1) is 11.3 Å². The number of amides is 2. The average Bonchev–Trinajstić information content (AvgIpc) is 2.92. The Labute approximate surface area is 124 Å². The summed E-state index contributed by atoms with van der Waals surface area (Å²) in [5.41, 5.74) is 0. The number of carbonyl (C=O) groups is 1. The highest BCUT2D eigenvalue weighted by Crippen LogP contribution is 2.22. The van der Waals surface area contributed by atoms with Crippen molar-refractivity contribution >= 4 is 17.4 Å². The molecule has 1 N–H and O–H groups in total. The highest BCUT2D eigenvalue weighted by Gasteiger charge is 2.23. The predicted octanol–water partition coefficient (Wildman–Crippen LogP) is 1.78. The van der Waals surface area contributed by atoms with Crippen LogP contribution in [0.3, 0.4) is 0 Å². The minimum absolute atomic E-state index is 0.00329. The van der Waals surface area contributed by atoms with E-state index in [9.17, 15) is 4.79 Å². The van der Waals surface area contributed by atoms with Crippen molar-refractivity contribution in [2.45, 2.75) is 19.1 Å². The fourth-order valence-corrected chi connectivity index (χ4v) is 3.24. The normalized spacial score (nSPS) is 21.0. The van der Waals surface area contributed by atoms with Crippen LogP contribution in [0.4, 0.5) is 4.79 Å². The molecular formula is C14H23N3O2S. The van der Waals surface area contributed by atoms with Crippen molar-refractivity contribution in [1.82, 2.24) is 15.1 Å². The Morgan fingerprint density at radius 2 is 2.45 bits per heavy atom. The summed E-state index contributed by atoms with van der Waals surface area (Å²) in [4.78, 5) is 17.4. The molecule has 0 unspecified atom stereocenters. The van der Waals surface area contributed by atoms with Crippen LogP contribution in [0, 0.1) is 0 Å². The summed E-state index contributed by atoms with van der Waals surface area (Å²) >= 11 is 1.72. The van der Waals surface area contributed by atoms with Gasteiger partial charge >= 0.3 is 6.03 Å². The molecule has 1 saturated heterocycles. The molecule has 1 aliphatic heterocycles. The maximum atomic E-state index is 12.2. The molecule has 0 radical (unpaired) electrons. The SMILES string of the molecule is C[C@@H]1CN(C(=O)NC[C@H](c2cccs2)N(C)C)CCO1. The molecule has 0 saturated carbocycles. The van der Waals surface area contributed by atoms with E-state index in [1.54, 1.807) is 11.3 Å². The van der Waals surface area contributed by atoms with Crippen molar-refractivity contribution in [2.24, 2.45) is 0 Å². The van der Waals surface area contributed by atoms with Crippen LogP contribution in [-0.4, -0.2) is 62.3 Å². The zero-order valence-corrected chi connectivity index (χ0v) is 13.2. The highest BCUT2D eigenvalue weighted by molar-refractivity contribution is 7.10. The van der Waals surface area contributed by atoms with Crippen molar-refractivity contribution in [3.63, 3.8) is 0 Å². The van der Waals surface area contributed by atoms with Crippen LogP contribution in [0.2, 0.25) is 0 Å². The van der Waals surface area contributed by atoms with Crippen LogP contribution in [-0.2, 0) is 4.74 Å². The van der Waals surface area contributed by atoms with Gasteiger partial charge in [-0.25, -0.2) is 4.79 Å². The number of likely N-dealkylation sites (N-methyl/N-ethyl adjacent to an activating group) is 1. The van der Waals surface area contributed by atoms with E-state index >= 15 is 0 Å². The molecule has 0 aromatic carbocycles. The maximum absolute atomic E-state index is 12.2. The van der Waals surface area contributed by atoms with Gasteiger partial charge in [-0.05, 0) is 32.5 Å². The van der Waals surface area contributed by atoms with Crippen molar-refractivity contribution < 1.29 is 9.53 Å². The Balaban J connectivity index is 1.87. The van der Waals surface area contributed by atoms with E-state index in [0.29, 0.717) is 26.2 Å². The summed E-state index contributed by atoms with van der Waals surface area (Å²) in [6.07, 6.45) is 0.122. The van der Waals surface area contributed by atoms with E-state index in [1.807, 2.05) is 32.0 Å². The third-order valence-corrected chi connectivity index (χ3v) is 4.44. The van der Waals surface area contributed by atoms with Crippen molar-refractivity contribution in [3.05, 3.63) is 22.4 Å². The second-order valence-corrected chi connectivity index (χ2v) is 6.29. The standard InChI is InChI=1S/C14H23N3O2S/c1-11-10-17(6-7-19-11)14(18)15-9-12(16(2)3)13-5-4-8-20-13/h4-5,8,11-12H,6-7,9-10H2,1-3H3,(H,15,18)/t11-,12-/m1/s1. The smallest absolute Gasteiger partial charge is 0.317 e. The lowest BCUT2D eigenvalue weighted by Gasteiger charge is -2.32. The minimum atomic E-state index is 0.00329. The van der Waals surface area contributed by atoms with Gasteiger partial charge in [0.25, 0.3) is 0 Å². The summed E-state index contributed by atoms with van der Waals surface area (Å²) in [6, 6.07) is 4.38. The number of urea groups is 1. The van der Waals surface area contributed by atoms with Gasteiger partial charge in [-0.1, -0.05) is 6.07 Å². The summed E-state index contributed by atoms with van der Waals surface area (Å²) in [7, 11) is 4.07. The Morgan fingerprint density at radius 1 is 1.65 bits per heavy atom. The Bertz CT molecular complexity index is 422. The third kappa shape index (κ3) is 3.94. The quantitative estimate of drug-likeness (QED) is 0.921. The molecule has 2 amide bonds. The number of ether oxygens (including phenoxy) is 1. The first-order valence-electron chi connectivity index (χ1n) is 6.92. The van der Waals surface area contributed by atoms with Gasteiger partial charge in [0, 0.05) is 24.5 Å². The zero-order chi connectivity index (χ0) is 14.5. The number of nitrogens with zero attached hydrogens (tertiary/aromatic N) is 2. The molecule has 1 aliphatic rings. The Hall–Kier alpha value is -1.11. The molecule has 2 atom stereocenters. The lowest BCUT2D eigenvalue weighted by atomic mass is 10.2. The first-order valence-corrected chi connectivity index (χ1v) is 7.80. The minimum Gasteiger partial charge on any atom is -0.375 e. The topological polar surface area (TPSA) is 44.8 Å². The molecule has 0 bridgehead atoms. The number of morpholine rings is 1. The number of hydrogen-bond acceptors (Lipinski definition) is 4. The fraction of sp³-hybridized carbons (Fsp3) is 0.643. The number of nitrogens with one attached hydrogen (secondary N) is 1. The fourth-order valence-electron chi connectivity index (χ4n) is 2.32. The molecule has 2 rings (SSSR count).